The third kappa shape index (κ3) is 3.91. The highest BCUT2D eigenvalue weighted by atomic mass is 16.5. The standard InChI is InChI=1S/C31H35N3O5/c1-2-30-15-23-24-17-34(26-11-12-27(35)32-28(26)36)29(37)22(24)9-10-25(23)31(30,38)13-14-33(18-30)16-19-3-5-20(6-4-19)39-21-7-8-21/h3-6,9-10,21,26,38H,2,7-8,11-18H2,1H3,(H,32,35,36). The van der Waals surface area contributed by atoms with Crippen LogP contribution in [0.25, 0.3) is 0 Å². The second-order valence-corrected chi connectivity index (χ2v) is 12.1. The molecule has 2 aromatic carbocycles. The van der Waals surface area contributed by atoms with Crippen molar-refractivity contribution in [2.45, 2.75) is 82.7 Å². The summed E-state index contributed by atoms with van der Waals surface area (Å²) < 4.78 is 5.90. The van der Waals surface area contributed by atoms with E-state index in [9.17, 15) is 19.5 Å². The van der Waals surface area contributed by atoms with Crippen LogP contribution in [0.1, 0.15) is 78.1 Å². The maximum Gasteiger partial charge on any atom is 0.255 e. The number of benzene rings is 2. The fraction of sp³-hybridized carbons (Fsp3) is 0.516. The van der Waals surface area contributed by atoms with E-state index in [-0.39, 0.29) is 23.7 Å². The number of amides is 3. The normalized spacial score (nSPS) is 30.2. The minimum absolute atomic E-state index is 0.162. The molecular formula is C31H35N3O5. The van der Waals surface area contributed by atoms with Crippen LogP contribution < -0.4 is 10.1 Å². The first-order valence-corrected chi connectivity index (χ1v) is 14.3. The van der Waals surface area contributed by atoms with Gasteiger partial charge in [0.2, 0.25) is 11.8 Å². The predicted molar refractivity (Wildman–Crippen MR) is 143 cm³/mol. The summed E-state index contributed by atoms with van der Waals surface area (Å²) in [4.78, 5) is 41.7. The summed E-state index contributed by atoms with van der Waals surface area (Å²) in [5.74, 6) is 0.0828. The summed E-state index contributed by atoms with van der Waals surface area (Å²) in [6.45, 7) is 4.88. The smallest absolute Gasteiger partial charge is 0.255 e. The van der Waals surface area contributed by atoms with Crippen molar-refractivity contribution in [1.29, 1.82) is 0 Å². The van der Waals surface area contributed by atoms with E-state index in [2.05, 4.69) is 41.4 Å². The number of carbonyl (C=O) groups excluding carboxylic acids is 3. The zero-order chi connectivity index (χ0) is 26.9. The minimum Gasteiger partial charge on any atom is -0.490 e. The molecule has 2 saturated heterocycles. The topological polar surface area (TPSA) is 99.2 Å². The average molecular weight is 530 g/mol. The maximum atomic E-state index is 13.4. The first kappa shape index (κ1) is 24.8. The van der Waals surface area contributed by atoms with Crippen molar-refractivity contribution >= 4 is 17.7 Å². The number of nitrogens with one attached hydrogen (secondary N) is 1. The first-order chi connectivity index (χ1) is 18.8. The van der Waals surface area contributed by atoms with E-state index in [1.54, 1.807) is 4.90 Å². The van der Waals surface area contributed by atoms with Gasteiger partial charge in [0.25, 0.3) is 5.91 Å². The number of imide groups is 1. The van der Waals surface area contributed by atoms with E-state index in [1.807, 2.05) is 12.1 Å². The molecule has 0 spiro atoms. The Labute approximate surface area is 228 Å². The van der Waals surface area contributed by atoms with Gasteiger partial charge < -0.3 is 14.7 Å². The number of aliphatic hydroxyl groups is 1. The van der Waals surface area contributed by atoms with Gasteiger partial charge in [-0.2, -0.15) is 0 Å². The van der Waals surface area contributed by atoms with Crippen LogP contribution >= 0.6 is 0 Å². The molecule has 0 bridgehead atoms. The Morgan fingerprint density at radius 2 is 1.85 bits per heavy atom. The van der Waals surface area contributed by atoms with Crippen molar-refractivity contribution in [3.8, 4) is 5.75 Å². The zero-order valence-corrected chi connectivity index (χ0v) is 22.4. The molecule has 0 aromatic heterocycles. The van der Waals surface area contributed by atoms with E-state index < -0.39 is 17.6 Å². The molecular weight excluding hydrogens is 494 g/mol. The molecule has 8 nitrogen and oxygen atoms in total. The Bertz CT molecular complexity index is 1370. The number of piperidine rings is 2. The summed E-state index contributed by atoms with van der Waals surface area (Å²) in [5, 5.41) is 14.6. The largest absolute Gasteiger partial charge is 0.490 e. The molecule has 3 amide bonds. The lowest BCUT2D eigenvalue weighted by atomic mass is 9.66. The first-order valence-electron chi connectivity index (χ1n) is 14.3. The molecule has 3 fully saturated rings. The highest BCUT2D eigenvalue weighted by Crippen LogP contribution is 2.58. The maximum absolute atomic E-state index is 13.4. The molecule has 39 heavy (non-hydrogen) atoms. The average Bonchev–Trinajstić information content (AvgIpc) is 3.62. The van der Waals surface area contributed by atoms with Crippen molar-refractivity contribution in [3.63, 3.8) is 0 Å². The molecule has 3 unspecified atom stereocenters. The highest BCUT2D eigenvalue weighted by Gasteiger charge is 2.59. The van der Waals surface area contributed by atoms with E-state index in [1.165, 1.54) is 5.56 Å². The number of carbonyl (C=O) groups is 3. The highest BCUT2D eigenvalue weighted by molar-refractivity contribution is 6.05. The van der Waals surface area contributed by atoms with Crippen molar-refractivity contribution in [3.05, 3.63) is 64.2 Å². The van der Waals surface area contributed by atoms with Gasteiger partial charge in [0.1, 0.15) is 11.8 Å². The fourth-order valence-corrected chi connectivity index (χ4v) is 7.45. The number of hydrogen-bond donors (Lipinski definition) is 2. The monoisotopic (exact) mass is 529 g/mol. The van der Waals surface area contributed by atoms with Crippen LogP contribution in [0.15, 0.2) is 36.4 Å². The van der Waals surface area contributed by atoms with Gasteiger partial charge in [-0.1, -0.05) is 25.1 Å². The molecule has 2 aliphatic carbocycles. The number of likely N-dealkylation sites (tertiary alicyclic amines) is 1. The van der Waals surface area contributed by atoms with Crippen molar-refractivity contribution in [1.82, 2.24) is 15.1 Å². The lowest BCUT2D eigenvalue weighted by molar-refractivity contribution is -0.136. The van der Waals surface area contributed by atoms with Crippen molar-refractivity contribution in [2.24, 2.45) is 5.41 Å². The molecule has 5 aliphatic rings. The van der Waals surface area contributed by atoms with E-state index in [0.29, 0.717) is 37.5 Å². The summed E-state index contributed by atoms with van der Waals surface area (Å²) >= 11 is 0. The third-order valence-electron chi connectivity index (χ3n) is 9.82. The lowest BCUT2D eigenvalue weighted by Crippen LogP contribution is -2.55. The number of hydrogen-bond acceptors (Lipinski definition) is 6. The van der Waals surface area contributed by atoms with Crippen LogP contribution in [-0.2, 0) is 34.7 Å². The van der Waals surface area contributed by atoms with Gasteiger partial charge in [-0.25, -0.2) is 0 Å². The van der Waals surface area contributed by atoms with Gasteiger partial charge in [0, 0.05) is 43.6 Å². The molecule has 204 valence electrons. The summed E-state index contributed by atoms with van der Waals surface area (Å²) in [6, 6.07) is 11.6. The molecule has 7 rings (SSSR count). The summed E-state index contributed by atoms with van der Waals surface area (Å²) in [6.07, 6.45) is 5.43. The van der Waals surface area contributed by atoms with Crippen molar-refractivity contribution < 1.29 is 24.2 Å². The quantitative estimate of drug-likeness (QED) is 0.559. The molecule has 3 aliphatic heterocycles. The third-order valence-corrected chi connectivity index (χ3v) is 9.82. The predicted octanol–water partition coefficient (Wildman–Crippen LogP) is 3.03. The van der Waals surface area contributed by atoms with Gasteiger partial charge in [-0.15, -0.1) is 0 Å². The van der Waals surface area contributed by atoms with Crippen LogP contribution in [0, 0.1) is 5.41 Å². The molecule has 0 radical (unpaired) electrons. The Kier molecular flexibility index (Phi) is 5.65. The molecule has 2 N–H and O–H groups in total. The van der Waals surface area contributed by atoms with Gasteiger partial charge in [-0.05, 0) is 79.0 Å². The van der Waals surface area contributed by atoms with Gasteiger partial charge in [0.15, 0.2) is 0 Å². The minimum atomic E-state index is -0.949. The number of fused-ring (bicyclic) bond motifs is 5. The van der Waals surface area contributed by atoms with Crippen LogP contribution in [0.5, 0.6) is 5.75 Å². The van der Waals surface area contributed by atoms with Crippen LogP contribution in [0.2, 0.25) is 0 Å². The number of rotatable bonds is 6. The van der Waals surface area contributed by atoms with Crippen LogP contribution in [0.3, 0.4) is 0 Å². The number of nitrogens with zero attached hydrogens (tertiary/aromatic N) is 2. The Morgan fingerprint density at radius 3 is 2.56 bits per heavy atom. The van der Waals surface area contributed by atoms with Gasteiger partial charge >= 0.3 is 0 Å². The van der Waals surface area contributed by atoms with E-state index >= 15 is 0 Å². The Balaban J connectivity index is 1.13. The number of ether oxygens (including phenoxy) is 1. The molecule has 8 heteroatoms. The van der Waals surface area contributed by atoms with Crippen LogP contribution in [0.4, 0.5) is 0 Å². The second kappa shape index (κ2) is 8.89. The SMILES string of the molecule is CCC12Cc3c(ccc4c3CN(C3CCC(=O)NC3=O)C4=O)C1(O)CCN(Cc1ccc(OC3CC3)cc1)C2. The van der Waals surface area contributed by atoms with E-state index in [4.69, 9.17) is 4.74 Å². The van der Waals surface area contributed by atoms with Crippen LogP contribution in [-0.4, -0.2) is 57.9 Å². The zero-order valence-electron chi connectivity index (χ0n) is 22.4. The van der Waals surface area contributed by atoms with Gasteiger partial charge in [0.05, 0.1) is 11.7 Å². The molecule has 2 aromatic rings. The molecule has 1 saturated carbocycles. The second-order valence-electron chi connectivity index (χ2n) is 12.1. The molecule has 3 atom stereocenters. The van der Waals surface area contributed by atoms with E-state index in [0.717, 1.165) is 61.3 Å². The molecule has 3 heterocycles. The Hall–Kier alpha value is -3.23. The summed E-state index contributed by atoms with van der Waals surface area (Å²) in [5.41, 5.74) is 3.52. The fourth-order valence-electron chi connectivity index (χ4n) is 7.45. The summed E-state index contributed by atoms with van der Waals surface area (Å²) in [7, 11) is 0. The van der Waals surface area contributed by atoms with Gasteiger partial charge in [-0.3, -0.25) is 24.6 Å². The Morgan fingerprint density at radius 1 is 1.05 bits per heavy atom. The lowest BCUT2D eigenvalue weighted by Gasteiger charge is -2.50. The van der Waals surface area contributed by atoms with Crippen molar-refractivity contribution in [2.75, 3.05) is 13.1 Å².